The van der Waals surface area contributed by atoms with E-state index in [9.17, 15) is 4.79 Å². The standard InChI is InChI=1S/C27H25N5O/c1-6-18-8-7-9-23(17(18)2)32-26-21-14-19(20-11-13-25(29-15-20)30(3)4)10-12-22(21)28-16-24(26)31(5)27(32)33/h6-16H,1H2,2-5H3. The summed E-state index contributed by atoms with van der Waals surface area (Å²) >= 11 is 0. The Morgan fingerprint density at radius 1 is 1.00 bits per heavy atom. The molecule has 0 radical (unpaired) electrons. The van der Waals surface area contributed by atoms with Gasteiger partial charge in [0.25, 0.3) is 0 Å². The van der Waals surface area contributed by atoms with Gasteiger partial charge in [-0.15, -0.1) is 0 Å². The fourth-order valence-corrected chi connectivity index (χ4v) is 4.33. The SMILES string of the molecule is C=Cc1cccc(-n2c(=O)n(C)c3cnc4ccc(-c5ccc(N(C)C)nc5)cc4c32)c1C. The van der Waals surface area contributed by atoms with Crippen LogP contribution in [0.1, 0.15) is 11.1 Å². The van der Waals surface area contributed by atoms with E-state index < -0.39 is 0 Å². The maximum atomic E-state index is 13.4. The molecule has 164 valence electrons. The first-order valence-electron chi connectivity index (χ1n) is 10.8. The van der Waals surface area contributed by atoms with Gasteiger partial charge in [-0.1, -0.05) is 30.9 Å². The molecule has 0 saturated carbocycles. The zero-order valence-electron chi connectivity index (χ0n) is 19.2. The van der Waals surface area contributed by atoms with Crippen molar-refractivity contribution in [3.05, 3.63) is 89.1 Å². The number of fused-ring (bicyclic) bond motifs is 3. The topological polar surface area (TPSA) is 56.0 Å². The summed E-state index contributed by atoms with van der Waals surface area (Å²) in [7, 11) is 5.73. The Bertz CT molecular complexity index is 1590. The normalized spacial score (nSPS) is 11.3. The highest BCUT2D eigenvalue weighted by Crippen LogP contribution is 2.31. The van der Waals surface area contributed by atoms with Crippen LogP contribution in [0, 0.1) is 6.92 Å². The zero-order chi connectivity index (χ0) is 23.3. The van der Waals surface area contributed by atoms with Crippen molar-refractivity contribution in [3.63, 3.8) is 0 Å². The second-order valence-electron chi connectivity index (χ2n) is 8.40. The van der Waals surface area contributed by atoms with Crippen LogP contribution in [-0.4, -0.2) is 33.2 Å². The van der Waals surface area contributed by atoms with Gasteiger partial charge in [-0.2, -0.15) is 0 Å². The summed E-state index contributed by atoms with van der Waals surface area (Å²) in [6.45, 7) is 5.94. The van der Waals surface area contributed by atoms with E-state index in [0.717, 1.165) is 55.7 Å². The van der Waals surface area contributed by atoms with Crippen LogP contribution in [0.3, 0.4) is 0 Å². The molecule has 33 heavy (non-hydrogen) atoms. The number of rotatable bonds is 4. The van der Waals surface area contributed by atoms with Gasteiger partial charge in [0.1, 0.15) is 5.82 Å². The van der Waals surface area contributed by atoms with E-state index in [1.54, 1.807) is 22.4 Å². The van der Waals surface area contributed by atoms with Crippen LogP contribution < -0.4 is 10.6 Å². The molecule has 0 aliphatic carbocycles. The third-order valence-corrected chi connectivity index (χ3v) is 6.23. The van der Waals surface area contributed by atoms with Gasteiger partial charge in [0.05, 0.1) is 28.4 Å². The maximum absolute atomic E-state index is 13.4. The molecule has 6 nitrogen and oxygen atoms in total. The van der Waals surface area contributed by atoms with E-state index >= 15 is 0 Å². The molecule has 0 fully saturated rings. The third-order valence-electron chi connectivity index (χ3n) is 6.23. The Hall–Kier alpha value is -4.19. The van der Waals surface area contributed by atoms with Crippen molar-refractivity contribution in [1.82, 2.24) is 19.1 Å². The summed E-state index contributed by atoms with van der Waals surface area (Å²) in [5, 5.41) is 0.919. The number of nitrogens with zero attached hydrogens (tertiary/aromatic N) is 5. The lowest BCUT2D eigenvalue weighted by atomic mass is 10.0. The van der Waals surface area contributed by atoms with Gasteiger partial charge in [0.15, 0.2) is 0 Å². The molecular formula is C27H25N5O. The van der Waals surface area contributed by atoms with Crippen LogP contribution in [0.15, 0.2) is 72.3 Å². The Labute approximate surface area is 192 Å². The molecule has 2 aromatic carbocycles. The number of anilines is 1. The molecule has 3 heterocycles. The summed E-state index contributed by atoms with van der Waals surface area (Å²) in [6.07, 6.45) is 5.46. The molecule has 0 spiro atoms. The number of hydrogen-bond donors (Lipinski definition) is 0. The molecule has 3 aromatic heterocycles. The largest absolute Gasteiger partial charge is 0.363 e. The molecule has 5 rings (SSSR count). The number of aromatic nitrogens is 4. The highest BCUT2D eigenvalue weighted by Gasteiger charge is 2.18. The van der Waals surface area contributed by atoms with Crippen LogP contribution in [0.4, 0.5) is 5.82 Å². The first-order valence-corrected chi connectivity index (χ1v) is 10.8. The van der Waals surface area contributed by atoms with Crippen LogP contribution in [0.2, 0.25) is 0 Å². The molecule has 5 aromatic rings. The van der Waals surface area contributed by atoms with Crippen LogP contribution >= 0.6 is 0 Å². The van der Waals surface area contributed by atoms with E-state index in [1.165, 1.54) is 0 Å². The Morgan fingerprint density at radius 3 is 2.48 bits per heavy atom. The number of hydrogen-bond acceptors (Lipinski definition) is 4. The van der Waals surface area contributed by atoms with Gasteiger partial charge in [-0.3, -0.25) is 14.1 Å². The molecule has 0 bridgehead atoms. The van der Waals surface area contributed by atoms with Gasteiger partial charge in [-0.25, -0.2) is 9.78 Å². The van der Waals surface area contributed by atoms with Gasteiger partial charge in [0.2, 0.25) is 0 Å². The van der Waals surface area contributed by atoms with E-state index in [2.05, 4.69) is 28.7 Å². The number of aryl methyl sites for hydroxylation is 1. The first-order chi connectivity index (χ1) is 15.9. The number of benzene rings is 2. The first kappa shape index (κ1) is 20.7. The second kappa shape index (κ2) is 7.74. The van der Waals surface area contributed by atoms with Crippen molar-refractivity contribution in [2.45, 2.75) is 6.92 Å². The highest BCUT2D eigenvalue weighted by atomic mass is 16.1. The van der Waals surface area contributed by atoms with Gasteiger partial charge < -0.3 is 4.90 Å². The second-order valence-corrected chi connectivity index (χ2v) is 8.40. The van der Waals surface area contributed by atoms with E-state index in [4.69, 9.17) is 0 Å². The average molecular weight is 436 g/mol. The van der Waals surface area contributed by atoms with Crippen molar-refractivity contribution >= 4 is 33.8 Å². The van der Waals surface area contributed by atoms with Gasteiger partial charge in [-0.05, 0) is 53.9 Å². The lowest BCUT2D eigenvalue weighted by molar-refractivity contribution is 0.843. The fraction of sp³-hybridized carbons (Fsp3) is 0.148. The Kier molecular flexibility index (Phi) is 4.86. The third kappa shape index (κ3) is 3.22. The van der Waals surface area contributed by atoms with Crippen molar-refractivity contribution in [3.8, 4) is 16.8 Å². The minimum atomic E-state index is -0.106. The van der Waals surface area contributed by atoms with Crippen molar-refractivity contribution in [2.75, 3.05) is 19.0 Å². The molecule has 6 heteroatoms. The summed E-state index contributed by atoms with van der Waals surface area (Å²) in [4.78, 5) is 24.6. The predicted octanol–water partition coefficient (Wildman–Crippen LogP) is 4.96. The van der Waals surface area contributed by atoms with E-state index in [-0.39, 0.29) is 5.69 Å². The molecular weight excluding hydrogens is 410 g/mol. The Morgan fingerprint density at radius 2 is 1.79 bits per heavy atom. The van der Waals surface area contributed by atoms with E-state index in [0.29, 0.717) is 0 Å². The van der Waals surface area contributed by atoms with Crippen molar-refractivity contribution < 1.29 is 0 Å². The number of pyridine rings is 2. The lowest BCUT2D eigenvalue weighted by Crippen LogP contribution is -2.21. The number of imidazole rings is 1. The quantitative estimate of drug-likeness (QED) is 0.401. The van der Waals surface area contributed by atoms with Crippen molar-refractivity contribution in [2.24, 2.45) is 7.05 Å². The van der Waals surface area contributed by atoms with Gasteiger partial charge in [0, 0.05) is 38.3 Å². The fourth-order valence-electron chi connectivity index (χ4n) is 4.33. The lowest BCUT2D eigenvalue weighted by Gasteiger charge is -2.13. The molecule has 0 N–H and O–H groups in total. The Balaban J connectivity index is 1.82. The maximum Gasteiger partial charge on any atom is 0.333 e. The molecule has 0 amide bonds. The summed E-state index contributed by atoms with van der Waals surface area (Å²) in [6, 6.07) is 16.1. The minimum Gasteiger partial charge on any atom is -0.363 e. The van der Waals surface area contributed by atoms with Crippen LogP contribution in [0.5, 0.6) is 0 Å². The summed E-state index contributed by atoms with van der Waals surface area (Å²) in [5.41, 5.74) is 7.24. The smallest absolute Gasteiger partial charge is 0.333 e. The molecule has 0 unspecified atom stereocenters. The molecule has 0 saturated heterocycles. The monoisotopic (exact) mass is 435 g/mol. The van der Waals surface area contributed by atoms with Gasteiger partial charge >= 0.3 is 5.69 Å². The molecule has 0 aliphatic rings. The summed E-state index contributed by atoms with van der Waals surface area (Å²) in [5.74, 6) is 0.901. The minimum absolute atomic E-state index is 0.106. The zero-order valence-corrected chi connectivity index (χ0v) is 19.2. The predicted molar refractivity (Wildman–Crippen MR) is 136 cm³/mol. The molecule has 0 atom stereocenters. The highest BCUT2D eigenvalue weighted by molar-refractivity contribution is 6.04. The van der Waals surface area contributed by atoms with E-state index in [1.807, 2.05) is 74.6 Å². The van der Waals surface area contributed by atoms with Crippen molar-refractivity contribution in [1.29, 1.82) is 0 Å². The van der Waals surface area contributed by atoms with Crippen LogP contribution in [-0.2, 0) is 7.05 Å². The summed E-state index contributed by atoms with van der Waals surface area (Å²) < 4.78 is 3.45. The molecule has 0 aliphatic heterocycles. The van der Waals surface area contributed by atoms with Crippen LogP contribution in [0.25, 0.3) is 44.8 Å². The average Bonchev–Trinajstić information content (AvgIpc) is 3.09.